The highest BCUT2D eigenvalue weighted by Crippen LogP contribution is 2.21. The summed E-state index contributed by atoms with van der Waals surface area (Å²) >= 11 is 0. The number of Topliss-reactive ketones (excluding diaryl/α,β-unsaturated/α-hetero) is 1. The lowest BCUT2D eigenvalue weighted by Crippen LogP contribution is -2.46. The minimum Gasteiger partial charge on any atom is -0.378 e. The van der Waals surface area contributed by atoms with Crippen molar-refractivity contribution in [2.45, 2.75) is 39.7 Å². The first-order valence-electron chi connectivity index (χ1n) is 5.33. The minimum absolute atomic E-state index is 0.0638. The number of hydrogen-bond acceptors (Lipinski definition) is 3. The number of rotatable bonds is 3. The molecule has 0 aromatic carbocycles. The van der Waals surface area contributed by atoms with Crippen LogP contribution in [-0.2, 0) is 9.53 Å². The summed E-state index contributed by atoms with van der Waals surface area (Å²) in [7, 11) is 0. The van der Waals surface area contributed by atoms with Crippen LogP contribution in [0.5, 0.6) is 0 Å². The van der Waals surface area contributed by atoms with Gasteiger partial charge in [-0.05, 0) is 11.8 Å². The lowest BCUT2D eigenvalue weighted by atomic mass is 9.88. The van der Waals surface area contributed by atoms with Gasteiger partial charge >= 0.3 is 0 Å². The fraction of sp³-hybridized carbons (Fsp3) is 0.909. The van der Waals surface area contributed by atoms with E-state index in [0.717, 1.165) is 19.6 Å². The van der Waals surface area contributed by atoms with Crippen LogP contribution in [-0.4, -0.2) is 31.6 Å². The van der Waals surface area contributed by atoms with Gasteiger partial charge in [0.25, 0.3) is 0 Å². The number of carbonyl (C=O) groups excluding carboxylic acids is 1. The molecule has 1 atom stereocenters. The van der Waals surface area contributed by atoms with Gasteiger partial charge in [0.15, 0.2) is 5.78 Å². The third-order valence-electron chi connectivity index (χ3n) is 2.43. The van der Waals surface area contributed by atoms with Crippen molar-refractivity contribution >= 4 is 5.78 Å². The zero-order valence-corrected chi connectivity index (χ0v) is 9.43. The van der Waals surface area contributed by atoms with Crippen LogP contribution < -0.4 is 5.32 Å². The first-order chi connectivity index (χ1) is 6.49. The topological polar surface area (TPSA) is 38.3 Å². The summed E-state index contributed by atoms with van der Waals surface area (Å²) < 4.78 is 5.25. The Morgan fingerprint density at radius 1 is 1.50 bits per heavy atom. The molecule has 0 saturated carbocycles. The van der Waals surface area contributed by atoms with Crippen molar-refractivity contribution in [3.63, 3.8) is 0 Å². The van der Waals surface area contributed by atoms with E-state index in [1.54, 1.807) is 0 Å². The highest BCUT2D eigenvalue weighted by atomic mass is 16.5. The lowest BCUT2D eigenvalue weighted by Gasteiger charge is -2.24. The predicted molar refractivity (Wildman–Crippen MR) is 56.3 cm³/mol. The third kappa shape index (κ3) is 4.20. The fourth-order valence-electron chi connectivity index (χ4n) is 1.44. The van der Waals surface area contributed by atoms with Crippen molar-refractivity contribution in [2.24, 2.45) is 5.41 Å². The maximum atomic E-state index is 11.7. The third-order valence-corrected chi connectivity index (χ3v) is 2.43. The average molecular weight is 199 g/mol. The molecule has 1 aliphatic rings. The van der Waals surface area contributed by atoms with E-state index >= 15 is 0 Å². The summed E-state index contributed by atoms with van der Waals surface area (Å²) in [4.78, 5) is 11.7. The molecule has 0 spiro atoms. The van der Waals surface area contributed by atoms with Crippen LogP contribution in [0.15, 0.2) is 0 Å². The maximum Gasteiger partial charge on any atom is 0.152 e. The van der Waals surface area contributed by atoms with Crippen LogP contribution in [0.2, 0.25) is 0 Å². The fourth-order valence-corrected chi connectivity index (χ4v) is 1.44. The Morgan fingerprint density at radius 3 is 2.71 bits per heavy atom. The van der Waals surface area contributed by atoms with Crippen LogP contribution in [0, 0.1) is 5.41 Å². The summed E-state index contributed by atoms with van der Waals surface area (Å²) in [5, 5.41) is 3.18. The quantitative estimate of drug-likeness (QED) is 0.746. The van der Waals surface area contributed by atoms with Gasteiger partial charge in [-0.3, -0.25) is 4.79 Å². The highest BCUT2D eigenvalue weighted by molar-refractivity contribution is 5.84. The normalized spacial score (nSPS) is 23.5. The molecule has 0 aromatic rings. The first-order valence-corrected chi connectivity index (χ1v) is 5.33. The Labute approximate surface area is 86.2 Å². The molecule has 3 heteroatoms. The SMILES string of the molecule is CC(C)(C)CCC(=O)C1COCCN1. The van der Waals surface area contributed by atoms with E-state index < -0.39 is 0 Å². The van der Waals surface area contributed by atoms with Crippen molar-refractivity contribution in [1.82, 2.24) is 5.32 Å². The lowest BCUT2D eigenvalue weighted by molar-refractivity contribution is -0.124. The van der Waals surface area contributed by atoms with Gasteiger partial charge in [0.2, 0.25) is 0 Å². The van der Waals surface area contributed by atoms with Crippen LogP contribution >= 0.6 is 0 Å². The van der Waals surface area contributed by atoms with E-state index in [0.29, 0.717) is 18.8 Å². The molecule has 0 radical (unpaired) electrons. The molecule has 0 aliphatic carbocycles. The van der Waals surface area contributed by atoms with Crippen molar-refractivity contribution in [3.05, 3.63) is 0 Å². The van der Waals surface area contributed by atoms with Gasteiger partial charge in [0, 0.05) is 13.0 Å². The van der Waals surface area contributed by atoms with Gasteiger partial charge < -0.3 is 10.1 Å². The number of hydrogen-bond donors (Lipinski definition) is 1. The molecule has 0 bridgehead atoms. The Balaban J connectivity index is 2.27. The van der Waals surface area contributed by atoms with E-state index in [1.807, 2.05) is 0 Å². The Hall–Kier alpha value is -0.410. The van der Waals surface area contributed by atoms with Gasteiger partial charge in [-0.1, -0.05) is 20.8 Å². The molecule has 0 aromatic heterocycles. The van der Waals surface area contributed by atoms with E-state index in [1.165, 1.54) is 0 Å². The zero-order chi connectivity index (χ0) is 10.6. The number of ether oxygens (including phenoxy) is 1. The summed E-state index contributed by atoms with van der Waals surface area (Å²) in [5.41, 5.74) is 0.241. The molecule has 1 unspecified atom stereocenters. The second-order valence-corrected chi connectivity index (χ2v) is 5.11. The van der Waals surface area contributed by atoms with Crippen molar-refractivity contribution in [3.8, 4) is 0 Å². The molecule has 0 amide bonds. The standard InChI is InChI=1S/C11H21NO2/c1-11(2,3)5-4-10(13)9-8-14-7-6-12-9/h9,12H,4-8H2,1-3H3. The maximum absolute atomic E-state index is 11.7. The van der Waals surface area contributed by atoms with Gasteiger partial charge in [0.05, 0.1) is 19.3 Å². The van der Waals surface area contributed by atoms with Crippen LogP contribution in [0.3, 0.4) is 0 Å². The number of carbonyl (C=O) groups is 1. The molecular weight excluding hydrogens is 178 g/mol. The number of morpholine rings is 1. The first kappa shape index (κ1) is 11.7. The average Bonchev–Trinajstić information content (AvgIpc) is 2.14. The molecule has 14 heavy (non-hydrogen) atoms. The summed E-state index contributed by atoms with van der Waals surface area (Å²) in [6.45, 7) is 8.54. The molecule has 1 fully saturated rings. The van der Waals surface area contributed by atoms with Crippen molar-refractivity contribution < 1.29 is 9.53 Å². The molecule has 3 nitrogen and oxygen atoms in total. The van der Waals surface area contributed by atoms with Gasteiger partial charge in [-0.2, -0.15) is 0 Å². The molecular formula is C11H21NO2. The Bertz CT molecular complexity index is 190. The summed E-state index contributed by atoms with van der Waals surface area (Å²) in [6.07, 6.45) is 1.61. The monoisotopic (exact) mass is 199 g/mol. The Kier molecular flexibility index (Phi) is 4.08. The minimum atomic E-state index is -0.0638. The molecule has 1 aliphatic heterocycles. The largest absolute Gasteiger partial charge is 0.378 e. The van der Waals surface area contributed by atoms with E-state index in [-0.39, 0.29) is 11.5 Å². The smallest absolute Gasteiger partial charge is 0.152 e. The van der Waals surface area contributed by atoms with Gasteiger partial charge in [0.1, 0.15) is 0 Å². The van der Waals surface area contributed by atoms with Gasteiger partial charge in [-0.15, -0.1) is 0 Å². The predicted octanol–water partition coefficient (Wildman–Crippen LogP) is 1.37. The molecule has 82 valence electrons. The molecule has 1 rings (SSSR count). The van der Waals surface area contributed by atoms with E-state index in [4.69, 9.17) is 4.74 Å². The summed E-state index contributed by atoms with van der Waals surface area (Å²) in [6, 6.07) is -0.0638. The van der Waals surface area contributed by atoms with Gasteiger partial charge in [-0.25, -0.2) is 0 Å². The van der Waals surface area contributed by atoms with Crippen molar-refractivity contribution in [2.75, 3.05) is 19.8 Å². The second-order valence-electron chi connectivity index (χ2n) is 5.11. The number of nitrogens with one attached hydrogen (secondary N) is 1. The van der Waals surface area contributed by atoms with E-state index in [9.17, 15) is 4.79 Å². The Morgan fingerprint density at radius 2 is 2.21 bits per heavy atom. The molecule has 1 heterocycles. The highest BCUT2D eigenvalue weighted by Gasteiger charge is 2.22. The van der Waals surface area contributed by atoms with Crippen molar-refractivity contribution in [1.29, 1.82) is 0 Å². The summed E-state index contributed by atoms with van der Waals surface area (Å²) in [5.74, 6) is 0.291. The van der Waals surface area contributed by atoms with Crippen LogP contribution in [0.1, 0.15) is 33.6 Å². The second kappa shape index (κ2) is 4.89. The number of ketones is 1. The van der Waals surface area contributed by atoms with Crippen LogP contribution in [0.25, 0.3) is 0 Å². The molecule has 1 saturated heterocycles. The zero-order valence-electron chi connectivity index (χ0n) is 9.43. The van der Waals surface area contributed by atoms with Crippen LogP contribution in [0.4, 0.5) is 0 Å². The molecule has 1 N–H and O–H groups in total. The van der Waals surface area contributed by atoms with E-state index in [2.05, 4.69) is 26.1 Å².